The van der Waals surface area contributed by atoms with E-state index in [0.29, 0.717) is 10.6 Å². The number of hydrogen-bond donors (Lipinski definition) is 2. The van der Waals surface area contributed by atoms with E-state index >= 15 is 0 Å². The summed E-state index contributed by atoms with van der Waals surface area (Å²) in [5, 5.41) is 5.81. The molecule has 2 amide bonds. The molecular formula is C25H24ClN3O4. The number of benzene rings is 2. The summed E-state index contributed by atoms with van der Waals surface area (Å²) < 4.78 is 4.76. The fourth-order valence-corrected chi connectivity index (χ4v) is 3.15. The monoisotopic (exact) mass is 465 g/mol. The van der Waals surface area contributed by atoms with Crippen LogP contribution in [0.3, 0.4) is 0 Å². The number of anilines is 2. The first-order valence-corrected chi connectivity index (χ1v) is 10.5. The van der Waals surface area contributed by atoms with Crippen molar-refractivity contribution in [1.29, 1.82) is 0 Å². The minimum Gasteiger partial charge on any atom is -0.465 e. The third kappa shape index (κ3) is 5.96. The Labute approximate surface area is 197 Å². The first kappa shape index (κ1) is 23.9. The van der Waals surface area contributed by atoms with E-state index in [0.717, 1.165) is 5.56 Å². The van der Waals surface area contributed by atoms with Gasteiger partial charge in [-0.05, 0) is 53.4 Å². The SMILES string of the molecule is COC(=O)c1ccc(C(=O)Nc2ccc(Cl)cn2)c(NC(=O)c2ccc(C(C)(C)C)cc2)c1. The molecule has 1 aromatic heterocycles. The van der Waals surface area contributed by atoms with Crippen molar-refractivity contribution in [2.45, 2.75) is 26.2 Å². The third-order valence-electron chi connectivity index (χ3n) is 4.92. The zero-order valence-corrected chi connectivity index (χ0v) is 19.5. The molecule has 3 aromatic rings. The van der Waals surface area contributed by atoms with E-state index in [9.17, 15) is 14.4 Å². The van der Waals surface area contributed by atoms with Crippen LogP contribution in [0.4, 0.5) is 11.5 Å². The second kappa shape index (κ2) is 9.83. The standard InChI is InChI=1S/C25H24ClN3O4/c1-25(2,3)17-8-5-15(6-9-17)22(30)28-20-13-16(24(32)33-4)7-11-19(20)23(31)29-21-12-10-18(26)14-27-21/h5-14H,1-4H3,(H,28,30)(H,27,29,31). The predicted molar refractivity (Wildman–Crippen MR) is 128 cm³/mol. The molecule has 0 fully saturated rings. The molecule has 0 bridgehead atoms. The number of nitrogens with zero attached hydrogens (tertiary/aromatic N) is 1. The fraction of sp³-hybridized carbons (Fsp3) is 0.200. The summed E-state index contributed by atoms with van der Waals surface area (Å²) in [6, 6.07) is 14.7. The van der Waals surface area contributed by atoms with Crippen LogP contribution < -0.4 is 10.6 Å². The molecule has 2 aromatic carbocycles. The van der Waals surface area contributed by atoms with Gasteiger partial charge in [-0.3, -0.25) is 9.59 Å². The quantitative estimate of drug-likeness (QED) is 0.497. The normalized spacial score (nSPS) is 10.9. The van der Waals surface area contributed by atoms with Crippen LogP contribution in [0.1, 0.15) is 57.4 Å². The highest BCUT2D eigenvalue weighted by Crippen LogP contribution is 2.24. The van der Waals surface area contributed by atoms with Gasteiger partial charge in [0.25, 0.3) is 11.8 Å². The van der Waals surface area contributed by atoms with Crippen LogP contribution in [0, 0.1) is 0 Å². The number of ether oxygens (including phenoxy) is 1. The van der Waals surface area contributed by atoms with Crippen LogP contribution in [0.25, 0.3) is 0 Å². The van der Waals surface area contributed by atoms with Crippen molar-refractivity contribution in [2.24, 2.45) is 0 Å². The van der Waals surface area contributed by atoms with Gasteiger partial charge in [-0.15, -0.1) is 0 Å². The second-order valence-electron chi connectivity index (χ2n) is 8.35. The van der Waals surface area contributed by atoms with Crippen LogP contribution in [-0.2, 0) is 10.2 Å². The van der Waals surface area contributed by atoms with E-state index in [4.69, 9.17) is 16.3 Å². The summed E-state index contributed by atoms with van der Waals surface area (Å²) >= 11 is 5.83. The summed E-state index contributed by atoms with van der Waals surface area (Å²) in [7, 11) is 1.25. The average Bonchev–Trinajstić information content (AvgIpc) is 2.79. The molecule has 0 aliphatic carbocycles. The predicted octanol–water partition coefficient (Wildman–Crippen LogP) is 5.32. The maximum Gasteiger partial charge on any atom is 0.337 e. The molecule has 0 saturated carbocycles. The summed E-state index contributed by atoms with van der Waals surface area (Å²) in [6.07, 6.45) is 1.40. The van der Waals surface area contributed by atoms with Crippen molar-refractivity contribution < 1.29 is 19.1 Å². The summed E-state index contributed by atoms with van der Waals surface area (Å²) in [5.41, 5.74) is 1.95. The molecule has 0 unspecified atom stereocenters. The number of esters is 1. The van der Waals surface area contributed by atoms with Crippen molar-refractivity contribution in [3.05, 3.63) is 88.1 Å². The number of hydrogen-bond acceptors (Lipinski definition) is 5. The molecule has 0 radical (unpaired) electrons. The van der Waals surface area contributed by atoms with Gasteiger partial charge in [0.2, 0.25) is 0 Å². The minimum atomic E-state index is -0.591. The molecule has 0 spiro atoms. The third-order valence-corrected chi connectivity index (χ3v) is 5.14. The van der Waals surface area contributed by atoms with Crippen LogP contribution in [0.15, 0.2) is 60.8 Å². The van der Waals surface area contributed by atoms with Crippen molar-refractivity contribution in [1.82, 2.24) is 4.98 Å². The molecular weight excluding hydrogens is 442 g/mol. The Morgan fingerprint density at radius 3 is 2.12 bits per heavy atom. The van der Waals surface area contributed by atoms with Crippen LogP contribution in [0.2, 0.25) is 5.02 Å². The number of pyridine rings is 1. The molecule has 7 nitrogen and oxygen atoms in total. The van der Waals surface area contributed by atoms with Crippen molar-refractivity contribution in [2.75, 3.05) is 17.7 Å². The number of nitrogens with one attached hydrogen (secondary N) is 2. The number of carbonyl (C=O) groups is 3. The lowest BCUT2D eigenvalue weighted by molar-refractivity contribution is 0.0600. The molecule has 8 heteroatoms. The maximum atomic E-state index is 12.9. The van der Waals surface area contributed by atoms with E-state index in [1.165, 1.54) is 31.5 Å². The van der Waals surface area contributed by atoms with Gasteiger partial charge >= 0.3 is 5.97 Å². The lowest BCUT2D eigenvalue weighted by Gasteiger charge is -2.19. The molecule has 0 aliphatic rings. The Hall–Kier alpha value is -3.71. The van der Waals surface area contributed by atoms with E-state index < -0.39 is 17.8 Å². The van der Waals surface area contributed by atoms with E-state index in [1.807, 2.05) is 12.1 Å². The first-order valence-electron chi connectivity index (χ1n) is 10.2. The number of amides is 2. The van der Waals surface area contributed by atoms with Crippen molar-refractivity contribution in [3.63, 3.8) is 0 Å². The topological polar surface area (TPSA) is 97.4 Å². The number of carbonyl (C=O) groups excluding carboxylic acids is 3. The number of methoxy groups -OCH3 is 1. The van der Waals surface area contributed by atoms with Crippen LogP contribution >= 0.6 is 11.6 Å². The number of rotatable bonds is 5. The van der Waals surface area contributed by atoms with Crippen molar-refractivity contribution >= 4 is 40.9 Å². The van der Waals surface area contributed by atoms with Gasteiger partial charge in [0.05, 0.1) is 28.9 Å². The van der Waals surface area contributed by atoms with Gasteiger partial charge in [0, 0.05) is 11.8 Å². The van der Waals surface area contributed by atoms with Gasteiger partial charge in [-0.2, -0.15) is 0 Å². The fourth-order valence-electron chi connectivity index (χ4n) is 3.04. The Kier molecular flexibility index (Phi) is 7.13. The summed E-state index contributed by atoms with van der Waals surface area (Å²) in [4.78, 5) is 41.8. The molecule has 0 saturated heterocycles. The van der Waals surface area contributed by atoms with E-state index in [-0.39, 0.29) is 28.0 Å². The summed E-state index contributed by atoms with van der Waals surface area (Å²) in [5.74, 6) is -1.24. The van der Waals surface area contributed by atoms with Crippen LogP contribution in [0.5, 0.6) is 0 Å². The van der Waals surface area contributed by atoms with Gasteiger partial charge in [-0.25, -0.2) is 9.78 Å². The zero-order chi connectivity index (χ0) is 24.2. The maximum absolute atomic E-state index is 12.9. The number of halogens is 1. The Morgan fingerprint density at radius 1 is 0.879 bits per heavy atom. The first-order chi connectivity index (χ1) is 15.6. The Morgan fingerprint density at radius 2 is 1.55 bits per heavy atom. The van der Waals surface area contributed by atoms with Gasteiger partial charge in [0.15, 0.2) is 0 Å². The Bertz CT molecular complexity index is 1180. The molecule has 33 heavy (non-hydrogen) atoms. The molecule has 1 heterocycles. The number of aromatic nitrogens is 1. The van der Waals surface area contributed by atoms with Gasteiger partial charge in [0.1, 0.15) is 5.82 Å². The van der Waals surface area contributed by atoms with Gasteiger partial charge < -0.3 is 15.4 Å². The van der Waals surface area contributed by atoms with E-state index in [1.54, 1.807) is 24.3 Å². The van der Waals surface area contributed by atoms with Gasteiger partial charge in [-0.1, -0.05) is 44.5 Å². The molecule has 3 rings (SSSR count). The highest BCUT2D eigenvalue weighted by atomic mass is 35.5. The smallest absolute Gasteiger partial charge is 0.337 e. The molecule has 0 aliphatic heterocycles. The highest BCUT2D eigenvalue weighted by molar-refractivity contribution is 6.30. The Balaban J connectivity index is 1.90. The minimum absolute atomic E-state index is 0.0508. The molecule has 0 atom stereocenters. The zero-order valence-electron chi connectivity index (χ0n) is 18.7. The van der Waals surface area contributed by atoms with E-state index in [2.05, 4.69) is 36.4 Å². The second-order valence-corrected chi connectivity index (χ2v) is 8.79. The van der Waals surface area contributed by atoms with Crippen molar-refractivity contribution in [3.8, 4) is 0 Å². The lowest BCUT2D eigenvalue weighted by atomic mass is 9.86. The largest absolute Gasteiger partial charge is 0.465 e. The molecule has 170 valence electrons. The molecule has 2 N–H and O–H groups in total. The summed E-state index contributed by atoms with van der Waals surface area (Å²) in [6.45, 7) is 6.25. The highest BCUT2D eigenvalue weighted by Gasteiger charge is 2.19. The lowest BCUT2D eigenvalue weighted by Crippen LogP contribution is -2.20. The van der Waals surface area contributed by atoms with Crippen LogP contribution in [-0.4, -0.2) is 29.9 Å². The average molecular weight is 466 g/mol.